The van der Waals surface area contributed by atoms with Crippen LogP contribution in [0.4, 0.5) is 0 Å². The van der Waals surface area contributed by atoms with Gasteiger partial charge in [0.2, 0.25) is 0 Å². The molecule has 0 heterocycles. The van der Waals surface area contributed by atoms with Crippen molar-refractivity contribution in [1.82, 2.24) is 0 Å². The first-order chi connectivity index (χ1) is 12.2. The van der Waals surface area contributed by atoms with E-state index in [1.807, 2.05) is 12.1 Å². The van der Waals surface area contributed by atoms with E-state index in [4.69, 9.17) is 5.11 Å². The lowest BCUT2D eigenvalue weighted by Gasteiger charge is -2.15. The van der Waals surface area contributed by atoms with Gasteiger partial charge in [-0.25, -0.2) is 4.79 Å². The van der Waals surface area contributed by atoms with Gasteiger partial charge in [0.15, 0.2) is 0 Å². The maximum atomic E-state index is 10.9. The summed E-state index contributed by atoms with van der Waals surface area (Å²) in [4.78, 5) is 10.9. The van der Waals surface area contributed by atoms with Gasteiger partial charge in [-0.05, 0) is 54.7 Å². The smallest absolute Gasteiger partial charge is 0.328 e. The van der Waals surface area contributed by atoms with Crippen LogP contribution in [-0.2, 0) is 4.79 Å². The fourth-order valence-corrected chi connectivity index (χ4v) is 3.97. The summed E-state index contributed by atoms with van der Waals surface area (Å²) in [6.07, 6.45) is 2.87. The quantitative estimate of drug-likeness (QED) is 0.252. The number of aliphatic carboxylic acids is 1. The first-order valence-corrected chi connectivity index (χ1v) is 8.23. The molecule has 0 bridgehead atoms. The average Bonchev–Trinajstić information content (AvgIpc) is 2.64. The van der Waals surface area contributed by atoms with Crippen LogP contribution in [0, 0.1) is 0 Å². The summed E-state index contributed by atoms with van der Waals surface area (Å²) < 4.78 is 0. The third-order valence-electron chi connectivity index (χ3n) is 4.96. The van der Waals surface area contributed by atoms with Crippen LogP contribution < -0.4 is 0 Å². The van der Waals surface area contributed by atoms with Gasteiger partial charge in [0, 0.05) is 6.08 Å². The second-order valence-electron chi connectivity index (χ2n) is 6.31. The van der Waals surface area contributed by atoms with Gasteiger partial charge in [-0.2, -0.15) is 0 Å². The molecular weight excluding hydrogens is 308 g/mol. The third kappa shape index (κ3) is 1.94. The molecule has 0 radical (unpaired) electrons. The largest absolute Gasteiger partial charge is 0.478 e. The van der Waals surface area contributed by atoms with E-state index in [2.05, 4.69) is 54.6 Å². The van der Waals surface area contributed by atoms with E-state index in [1.165, 1.54) is 43.8 Å². The minimum absolute atomic E-state index is 0.926. The van der Waals surface area contributed by atoms with E-state index in [9.17, 15) is 4.79 Å². The van der Waals surface area contributed by atoms with Crippen molar-refractivity contribution in [2.24, 2.45) is 0 Å². The number of carboxylic acid groups (broad SMARTS) is 1. The van der Waals surface area contributed by atoms with Crippen molar-refractivity contribution in [3.05, 3.63) is 78.4 Å². The zero-order chi connectivity index (χ0) is 17.0. The van der Waals surface area contributed by atoms with E-state index < -0.39 is 5.97 Å². The Hall–Kier alpha value is -3.39. The van der Waals surface area contributed by atoms with Gasteiger partial charge >= 0.3 is 5.97 Å². The van der Waals surface area contributed by atoms with Crippen LogP contribution in [0.3, 0.4) is 0 Å². The predicted octanol–water partition coefficient (Wildman–Crippen LogP) is 5.84. The van der Waals surface area contributed by atoms with Crippen molar-refractivity contribution in [2.45, 2.75) is 0 Å². The Morgan fingerprint density at radius 2 is 1.24 bits per heavy atom. The third-order valence-corrected chi connectivity index (χ3v) is 4.96. The lowest BCUT2D eigenvalue weighted by atomic mass is 9.88. The molecule has 0 amide bonds. The van der Waals surface area contributed by atoms with Gasteiger partial charge in [0.25, 0.3) is 0 Å². The normalized spacial score (nSPS) is 12.2. The maximum Gasteiger partial charge on any atom is 0.328 e. The van der Waals surface area contributed by atoms with Gasteiger partial charge in [0.05, 0.1) is 0 Å². The lowest BCUT2D eigenvalue weighted by Crippen LogP contribution is -1.89. The number of fused-ring (bicyclic) bond motifs is 2. The molecule has 0 aliphatic carbocycles. The fraction of sp³-hybridized carbons (Fsp3) is 0. The van der Waals surface area contributed by atoms with Crippen LogP contribution in [0.15, 0.2) is 72.8 Å². The molecule has 0 aliphatic heterocycles. The highest BCUT2D eigenvalue weighted by atomic mass is 16.4. The summed E-state index contributed by atoms with van der Waals surface area (Å²) in [7, 11) is 0. The minimum Gasteiger partial charge on any atom is -0.478 e. The molecule has 0 atom stereocenters. The molecule has 0 saturated carbocycles. The molecule has 0 saturated heterocycles. The Kier molecular flexibility index (Phi) is 2.83. The second-order valence-corrected chi connectivity index (χ2v) is 6.31. The van der Waals surface area contributed by atoms with Gasteiger partial charge < -0.3 is 5.11 Å². The van der Waals surface area contributed by atoms with Crippen LogP contribution in [0.1, 0.15) is 5.56 Å². The molecule has 2 nitrogen and oxygen atoms in total. The van der Waals surface area contributed by atoms with Crippen molar-refractivity contribution < 1.29 is 9.90 Å². The van der Waals surface area contributed by atoms with Crippen molar-refractivity contribution >= 4 is 55.1 Å². The molecule has 5 aromatic rings. The van der Waals surface area contributed by atoms with E-state index in [0.717, 1.165) is 10.9 Å². The summed E-state index contributed by atoms with van der Waals surface area (Å²) in [6, 6.07) is 23.2. The molecule has 25 heavy (non-hydrogen) atoms. The molecule has 0 aliphatic rings. The number of hydrogen-bond donors (Lipinski definition) is 1. The van der Waals surface area contributed by atoms with Crippen molar-refractivity contribution in [1.29, 1.82) is 0 Å². The number of carbonyl (C=O) groups is 1. The van der Waals surface area contributed by atoms with Gasteiger partial charge in [0.1, 0.15) is 0 Å². The first kappa shape index (κ1) is 14.0. The van der Waals surface area contributed by atoms with E-state index >= 15 is 0 Å². The summed E-state index contributed by atoms with van der Waals surface area (Å²) in [5.74, 6) is -0.935. The number of carboxylic acids is 1. The standard InChI is InChI=1S/C23H14O2/c24-21(25)13-11-14-10-12-20-18-8-2-5-15-4-1-7-17(22(15)18)19-9-3-6-16(14)23(19)20/h1-13H,(H,24,25)/b13-11+. The topological polar surface area (TPSA) is 37.3 Å². The number of rotatable bonds is 2. The van der Waals surface area contributed by atoms with Crippen molar-refractivity contribution in [3.63, 3.8) is 0 Å². The molecule has 5 rings (SSSR count). The van der Waals surface area contributed by atoms with Gasteiger partial charge in [-0.15, -0.1) is 0 Å². The molecule has 0 unspecified atom stereocenters. The molecule has 1 N–H and O–H groups in total. The van der Waals surface area contributed by atoms with Crippen LogP contribution in [0.2, 0.25) is 0 Å². The van der Waals surface area contributed by atoms with Crippen LogP contribution in [0.25, 0.3) is 49.2 Å². The Balaban J connectivity index is 2.05. The molecule has 0 spiro atoms. The molecular formula is C23H14O2. The average molecular weight is 322 g/mol. The first-order valence-electron chi connectivity index (χ1n) is 8.23. The SMILES string of the molecule is O=C(O)/C=C/c1ccc2c3cccc4cccc(c5cccc1c52)c43. The molecule has 0 aromatic heterocycles. The minimum atomic E-state index is -0.935. The maximum absolute atomic E-state index is 10.9. The summed E-state index contributed by atoms with van der Waals surface area (Å²) in [5, 5.41) is 18.7. The molecule has 2 heteroatoms. The van der Waals surface area contributed by atoms with E-state index in [1.54, 1.807) is 6.08 Å². The monoisotopic (exact) mass is 322 g/mol. The van der Waals surface area contributed by atoms with Crippen LogP contribution >= 0.6 is 0 Å². The Morgan fingerprint density at radius 1 is 0.680 bits per heavy atom. The highest BCUT2D eigenvalue weighted by Gasteiger charge is 2.13. The van der Waals surface area contributed by atoms with Crippen LogP contribution in [0.5, 0.6) is 0 Å². The summed E-state index contributed by atoms with van der Waals surface area (Å²) in [5.41, 5.74) is 0.926. The van der Waals surface area contributed by atoms with Crippen LogP contribution in [-0.4, -0.2) is 11.1 Å². The highest BCUT2D eigenvalue weighted by molar-refractivity contribution is 6.33. The zero-order valence-corrected chi connectivity index (χ0v) is 13.4. The Labute approximate surface area is 143 Å². The lowest BCUT2D eigenvalue weighted by molar-refractivity contribution is -0.131. The van der Waals surface area contributed by atoms with Crippen molar-refractivity contribution in [2.75, 3.05) is 0 Å². The highest BCUT2D eigenvalue weighted by Crippen LogP contribution is 2.40. The number of hydrogen-bond acceptors (Lipinski definition) is 1. The van der Waals surface area contributed by atoms with E-state index in [0.29, 0.717) is 0 Å². The van der Waals surface area contributed by atoms with E-state index in [-0.39, 0.29) is 0 Å². The number of benzene rings is 5. The summed E-state index contributed by atoms with van der Waals surface area (Å²) in [6.45, 7) is 0. The Bertz CT molecular complexity index is 1260. The fourth-order valence-electron chi connectivity index (χ4n) is 3.97. The van der Waals surface area contributed by atoms with Gasteiger partial charge in [-0.1, -0.05) is 66.7 Å². The van der Waals surface area contributed by atoms with Gasteiger partial charge in [-0.3, -0.25) is 0 Å². The second kappa shape index (κ2) is 5.05. The summed E-state index contributed by atoms with van der Waals surface area (Å²) >= 11 is 0. The Morgan fingerprint density at radius 3 is 1.92 bits per heavy atom. The molecule has 0 fully saturated rings. The predicted molar refractivity (Wildman–Crippen MR) is 104 cm³/mol. The molecule has 5 aromatic carbocycles. The molecule has 118 valence electrons. The van der Waals surface area contributed by atoms with Crippen molar-refractivity contribution in [3.8, 4) is 0 Å². The zero-order valence-electron chi connectivity index (χ0n) is 13.4.